The number of aromatic nitrogens is 1. The van der Waals surface area contributed by atoms with Gasteiger partial charge in [-0.3, -0.25) is 0 Å². The quantitative estimate of drug-likeness (QED) is 0.887. The van der Waals surface area contributed by atoms with Gasteiger partial charge in [0, 0.05) is 5.56 Å². The van der Waals surface area contributed by atoms with Crippen LogP contribution in [0.4, 0.5) is 5.00 Å². The van der Waals surface area contributed by atoms with E-state index in [4.69, 9.17) is 28.9 Å². The molecule has 0 bridgehead atoms. The van der Waals surface area contributed by atoms with E-state index in [2.05, 4.69) is 11.9 Å². The Hall–Kier alpha value is -0.770. The molecular weight excluding hydrogens is 263 g/mol. The van der Waals surface area contributed by atoms with E-state index in [1.165, 1.54) is 11.3 Å². The summed E-state index contributed by atoms with van der Waals surface area (Å²) in [6, 6.07) is 5.41. The number of aryl methyl sites for hydroxylation is 1. The molecule has 1 aromatic heterocycles. The number of benzene rings is 1. The van der Waals surface area contributed by atoms with Crippen LogP contribution in [0.25, 0.3) is 11.3 Å². The van der Waals surface area contributed by atoms with Crippen molar-refractivity contribution in [2.75, 3.05) is 5.73 Å². The normalized spacial score (nSPS) is 10.7. The second-order valence-electron chi connectivity index (χ2n) is 3.30. The van der Waals surface area contributed by atoms with Gasteiger partial charge in [-0.2, -0.15) is 0 Å². The Labute approximate surface area is 108 Å². The lowest BCUT2D eigenvalue weighted by Crippen LogP contribution is -1.86. The number of nitrogen functional groups attached to an aromatic ring is 1. The van der Waals surface area contributed by atoms with Gasteiger partial charge in [0.1, 0.15) is 10.7 Å². The van der Waals surface area contributed by atoms with Crippen LogP contribution < -0.4 is 5.73 Å². The predicted molar refractivity (Wildman–Crippen MR) is 71.4 cm³/mol. The van der Waals surface area contributed by atoms with Gasteiger partial charge in [-0.1, -0.05) is 36.2 Å². The smallest absolute Gasteiger partial charge is 0.114 e. The van der Waals surface area contributed by atoms with Gasteiger partial charge in [0.25, 0.3) is 0 Å². The third kappa shape index (κ3) is 2.17. The first-order chi connectivity index (χ1) is 7.61. The Morgan fingerprint density at radius 2 is 2.06 bits per heavy atom. The maximum absolute atomic E-state index is 5.96. The number of nitrogens with two attached hydrogens (primary N) is 1. The zero-order valence-electron chi connectivity index (χ0n) is 8.63. The van der Waals surface area contributed by atoms with E-state index in [0.29, 0.717) is 10.0 Å². The maximum Gasteiger partial charge on any atom is 0.114 e. The van der Waals surface area contributed by atoms with Gasteiger partial charge in [-0.15, -0.1) is 11.3 Å². The first kappa shape index (κ1) is 11.7. The molecule has 0 fully saturated rings. The van der Waals surface area contributed by atoms with Crippen LogP contribution in [0.15, 0.2) is 18.2 Å². The Morgan fingerprint density at radius 1 is 1.31 bits per heavy atom. The van der Waals surface area contributed by atoms with E-state index in [1.807, 2.05) is 6.07 Å². The van der Waals surface area contributed by atoms with E-state index in [9.17, 15) is 0 Å². The van der Waals surface area contributed by atoms with Gasteiger partial charge >= 0.3 is 0 Å². The highest BCUT2D eigenvalue weighted by atomic mass is 35.5. The SMILES string of the molecule is CCc1nc(-c2ccc(Cl)c(Cl)c2)c(N)s1. The minimum Gasteiger partial charge on any atom is -0.389 e. The number of thiazole rings is 1. The van der Waals surface area contributed by atoms with Crippen molar-refractivity contribution in [2.45, 2.75) is 13.3 Å². The van der Waals surface area contributed by atoms with Gasteiger partial charge in [0.05, 0.1) is 15.1 Å². The molecule has 1 aromatic carbocycles. The molecule has 5 heteroatoms. The van der Waals surface area contributed by atoms with Crippen LogP contribution in [0.5, 0.6) is 0 Å². The Morgan fingerprint density at radius 3 is 2.62 bits per heavy atom. The summed E-state index contributed by atoms with van der Waals surface area (Å²) >= 11 is 13.3. The molecule has 84 valence electrons. The van der Waals surface area contributed by atoms with E-state index in [0.717, 1.165) is 27.7 Å². The van der Waals surface area contributed by atoms with Crippen molar-refractivity contribution >= 4 is 39.5 Å². The van der Waals surface area contributed by atoms with Crippen LogP contribution in [-0.4, -0.2) is 4.98 Å². The number of hydrogen-bond donors (Lipinski definition) is 1. The molecule has 0 aliphatic heterocycles. The van der Waals surface area contributed by atoms with Gasteiger partial charge in [0.2, 0.25) is 0 Å². The largest absolute Gasteiger partial charge is 0.389 e. The molecule has 16 heavy (non-hydrogen) atoms. The van der Waals surface area contributed by atoms with E-state index >= 15 is 0 Å². The molecule has 0 amide bonds. The van der Waals surface area contributed by atoms with Gasteiger partial charge < -0.3 is 5.73 Å². The van der Waals surface area contributed by atoms with Gasteiger partial charge in [-0.25, -0.2) is 4.98 Å². The summed E-state index contributed by atoms with van der Waals surface area (Å²) in [7, 11) is 0. The molecule has 2 rings (SSSR count). The molecule has 2 nitrogen and oxygen atoms in total. The first-order valence-corrected chi connectivity index (χ1v) is 6.39. The van der Waals surface area contributed by atoms with Crippen LogP contribution >= 0.6 is 34.5 Å². The Kier molecular flexibility index (Phi) is 3.38. The molecule has 0 aliphatic rings. The minimum absolute atomic E-state index is 0.518. The zero-order chi connectivity index (χ0) is 11.7. The van der Waals surface area contributed by atoms with Crippen LogP contribution in [0.2, 0.25) is 10.0 Å². The third-order valence-corrected chi connectivity index (χ3v) is 3.96. The fourth-order valence-electron chi connectivity index (χ4n) is 1.38. The number of rotatable bonds is 2. The monoisotopic (exact) mass is 272 g/mol. The van der Waals surface area contributed by atoms with Crippen molar-refractivity contribution in [1.29, 1.82) is 0 Å². The van der Waals surface area contributed by atoms with Crippen molar-refractivity contribution in [3.05, 3.63) is 33.3 Å². The highest BCUT2D eigenvalue weighted by molar-refractivity contribution is 7.16. The summed E-state index contributed by atoms with van der Waals surface area (Å²) in [5.41, 5.74) is 7.61. The summed E-state index contributed by atoms with van der Waals surface area (Å²) in [5, 5.41) is 2.80. The molecule has 0 radical (unpaired) electrons. The van der Waals surface area contributed by atoms with E-state index < -0.39 is 0 Å². The molecular formula is C11H10Cl2N2S. The lowest BCUT2D eigenvalue weighted by atomic mass is 10.1. The van der Waals surface area contributed by atoms with Crippen molar-refractivity contribution in [3.8, 4) is 11.3 Å². The Bertz CT molecular complexity index is 523. The van der Waals surface area contributed by atoms with Gasteiger partial charge in [0.15, 0.2) is 0 Å². The van der Waals surface area contributed by atoms with E-state index in [1.54, 1.807) is 12.1 Å². The molecule has 0 atom stereocenters. The third-order valence-electron chi connectivity index (χ3n) is 2.19. The molecule has 1 heterocycles. The number of hydrogen-bond acceptors (Lipinski definition) is 3. The summed E-state index contributed by atoms with van der Waals surface area (Å²) < 4.78 is 0. The molecule has 0 saturated carbocycles. The maximum atomic E-state index is 5.96. The molecule has 2 N–H and O–H groups in total. The second kappa shape index (κ2) is 4.62. The lowest BCUT2D eigenvalue weighted by Gasteiger charge is -2.00. The lowest BCUT2D eigenvalue weighted by molar-refractivity contribution is 1.10. The predicted octanol–water partition coefficient (Wildman–Crippen LogP) is 4.26. The van der Waals surface area contributed by atoms with Crippen molar-refractivity contribution in [3.63, 3.8) is 0 Å². The van der Waals surface area contributed by atoms with E-state index in [-0.39, 0.29) is 0 Å². The fraction of sp³-hybridized carbons (Fsp3) is 0.182. The van der Waals surface area contributed by atoms with Crippen LogP contribution in [0.3, 0.4) is 0 Å². The number of anilines is 1. The molecule has 0 unspecified atom stereocenters. The number of nitrogens with zero attached hydrogens (tertiary/aromatic N) is 1. The zero-order valence-corrected chi connectivity index (χ0v) is 11.0. The fourth-order valence-corrected chi connectivity index (χ4v) is 2.47. The summed E-state index contributed by atoms with van der Waals surface area (Å²) in [4.78, 5) is 4.46. The highest BCUT2D eigenvalue weighted by Gasteiger charge is 2.10. The van der Waals surface area contributed by atoms with Crippen LogP contribution in [-0.2, 0) is 6.42 Å². The molecule has 2 aromatic rings. The van der Waals surface area contributed by atoms with Crippen LogP contribution in [0.1, 0.15) is 11.9 Å². The molecule has 0 spiro atoms. The molecule has 0 saturated heterocycles. The summed E-state index contributed by atoms with van der Waals surface area (Å²) in [5.74, 6) is 0. The topological polar surface area (TPSA) is 38.9 Å². The molecule has 0 aliphatic carbocycles. The average Bonchev–Trinajstić information content (AvgIpc) is 2.64. The average molecular weight is 273 g/mol. The van der Waals surface area contributed by atoms with Crippen molar-refractivity contribution in [1.82, 2.24) is 4.98 Å². The van der Waals surface area contributed by atoms with Gasteiger partial charge in [-0.05, 0) is 18.6 Å². The highest BCUT2D eigenvalue weighted by Crippen LogP contribution is 2.34. The summed E-state index contributed by atoms with van der Waals surface area (Å²) in [6.07, 6.45) is 0.885. The second-order valence-corrected chi connectivity index (χ2v) is 5.23. The standard InChI is InChI=1S/C11H10Cl2N2S/c1-2-9-15-10(11(14)16-9)6-3-4-7(12)8(13)5-6/h3-5H,2,14H2,1H3. The minimum atomic E-state index is 0.518. The Balaban J connectivity index is 2.49. The van der Waals surface area contributed by atoms with Crippen molar-refractivity contribution < 1.29 is 0 Å². The van der Waals surface area contributed by atoms with Crippen molar-refractivity contribution in [2.24, 2.45) is 0 Å². The number of halogens is 2. The van der Waals surface area contributed by atoms with Crippen LogP contribution in [0, 0.1) is 0 Å². The first-order valence-electron chi connectivity index (χ1n) is 4.82. The summed E-state index contributed by atoms with van der Waals surface area (Å²) in [6.45, 7) is 2.05.